The molecular weight excluding hydrogens is 681 g/mol. The van der Waals surface area contributed by atoms with E-state index in [1.807, 2.05) is 36.4 Å². The normalized spacial score (nSPS) is 11.2. The predicted octanol–water partition coefficient (Wildman–Crippen LogP) is 14.8. The third-order valence-electron chi connectivity index (χ3n) is 10.5. The van der Waals surface area contributed by atoms with Crippen LogP contribution >= 0.6 is 0 Å². The quantitative estimate of drug-likeness (QED) is 0.157. The number of oxazole rings is 1. The van der Waals surface area contributed by atoms with Crippen LogP contribution in [0.15, 0.2) is 223 Å². The van der Waals surface area contributed by atoms with Gasteiger partial charge in [-0.2, -0.15) is 0 Å². The van der Waals surface area contributed by atoms with Crippen LogP contribution in [0.2, 0.25) is 0 Å². The van der Waals surface area contributed by atoms with E-state index < -0.39 is 0 Å². The number of para-hydroxylation sites is 1. The second kappa shape index (κ2) is 14.4. The van der Waals surface area contributed by atoms with E-state index in [0.29, 0.717) is 5.89 Å². The van der Waals surface area contributed by atoms with Crippen LogP contribution in [0, 0.1) is 0 Å². The van der Waals surface area contributed by atoms with E-state index in [9.17, 15) is 0 Å². The number of hydrogen-bond acceptors (Lipinski definition) is 3. The van der Waals surface area contributed by atoms with Gasteiger partial charge in [-0.25, -0.2) is 4.98 Å². The van der Waals surface area contributed by atoms with Crippen molar-refractivity contribution >= 4 is 38.9 Å². The van der Waals surface area contributed by atoms with Gasteiger partial charge in [0.1, 0.15) is 5.52 Å². The molecule has 0 aliphatic rings. The molecule has 1 heterocycles. The highest BCUT2D eigenvalue weighted by Gasteiger charge is 2.18. The number of aromatic nitrogens is 1. The molecule has 0 radical (unpaired) electrons. The van der Waals surface area contributed by atoms with Crippen LogP contribution < -0.4 is 4.90 Å². The third-order valence-corrected chi connectivity index (χ3v) is 10.5. The molecule has 0 saturated heterocycles. The molecule has 9 aromatic carbocycles. The maximum absolute atomic E-state index is 6.36. The Labute approximate surface area is 326 Å². The Kier molecular flexibility index (Phi) is 8.51. The first kappa shape index (κ1) is 33.1. The molecule has 264 valence electrons. The van der Waals surface area contributed by atoms with Gasteiger partial charge in [0.2, 0.25) is 5.89 Å². The molecule has 0 saturated carbocycles. The lowest BCUT2D eigenvalue weighted by Crippen LogP contribution is -2.11. The van der Waals surface area contributed by atoms with Gasteiger partial charge in [-0.3, -0.25) is 0 Å². The molecule has 0 spiro atoms. The third kappa shape index (κ3) is 6.31. The van der Waals surface area contributed by atoms with Crippen molar-refractivity contribution in [2.45, 2.75) is 0 Å². The molecule has 3 heteroatoms. The molecule has 1 aromatic heterocycles. The SMILES string of the molecule is c1ccc(-c2ccc(N(c3ccc(-c4ccc(-c5ccc6ccc7nc(-c8ccccc8)oc7c6c5)cc4)cc3)c3ccccc3-c3ccccc3)cc2)cc1. The van der Waals surface area contributed by atoms with E-state index in [1.165, 1.54) is 22.3 Å². The maximum atomic E-state index is 6.36. The summed E-state index contributed by atoms with van der Waals surface area (Å²) < 4.78 is 6.36. The van der Waals surface area contributed by atoms with Crippen LogP contribution in [0.1, 0.15) is 0 Å². The van der Waals surface area contributed by atoms with Gasteiger partial charge in [0, 0.05) is 27.9 Å². The zero-order chi connectivity index (χ0) is 37.3. The molecule has 10 rings (SSSR count). The van der Waals surface area contributed by atoms with Crippen LogP contribution in [0.3, 0.4) is 0 Å². The minimum absolute atomic E-state index is 0.637. The van der Waals surface area contributed by atoms with E-state index in [1.54, 1.807) is 0 Å². The summed E-state index contributed by atoms with van der Waals surface area (Å²) in [6, 6.07) is 77.2. The number of benzene rings is 9. The fraction of sp³-hybridized carbons (Fsp3) is 0. The van der Waals surface area contributed by atoms with Crippen LogP contribution in [0.4, 0.5) is 17.1 Å². The summed E-state index contributed by atoms with van der Waals surface area (Å²) in [6.07, 6.45) is 0. The summed E-state index contributed by atoms with van der Waals surface area (Å²) in [5, 5.41) is 2.18. The van der Waals surface area contributed by atoms with E-state index in [-0.39, 0.29) is 0 Å². The van der Waals surface area contributed by atoms with Gasteiger partial charge in [-0.05, 0) is 98.9 Å². The minimum Gasteiger partial charge on any atom is -0.435 e. The summed E-state index contributed by atoms with van der Waals surface area (Å²) in [5.74, 6) is 0.637. The Morgan fingerprint density at radius 1 is 0.357 bits per heavy atom. The first-order valence-corrected chi connectivity index (χ1v) is 18.9. The van der Waals surface area contributed by atoms with Gasteiger partial charge in [-0.15, -0.1) is 0 Å². The van der Waals surface area contributed by atoms with Crippen LogP contribution in [-0.2, 0) is 0 Å². The molecule has 3 nitrogen and oxygen atoms in total. The number of hydrogen-bond donors (Lipinski definition) is 0. The second-order valence-corrected chi connectivity index (χ2v) is 14.0. The van der Waals surface area contributed by atoms with Crippen LogP contribution in [-0.4, -0.2) is 4.98 Å². The van der Waals surface area contributed by atoms with Gasteiger partial charge in [-0.1, -0.05) is 164 Å². The molecule has 10 aromatic rings. The molecular formula is C53H36N2O. The lowest BCUT2D eigenvalue weighted by molar-refractivity contribution is 0.623. The zero-order valence-electron chi connectivity index (χ0n) is 30.6. The summed E-state index contributed by atoms with van der Waals surface area (Å²) in [4.78, 5) is 7.15. The Hall–Kier alpha value is -7.49. The van der Waals surface area contributed by atoms with Crippen molar-refractivity contribution in [3.8, 4) is 56.0 Å². The van der Waals surface area contributed by atoms with Crippen molar-refractivity contribution in [3.63, 3.8) is 0 Å². The van der Waals surface area contributed by atoms with Crippen molar-refractivity contribution in [1.29, 1.82) is 0 Å². The fourth-order valence-electron chi connectivity index (χ4n) is 7.64. The summed E-state index contributed by atoms with van der Waals surface area (Å²) in [5.41, 5.74) is 15.3. The Morgan fingerprint density at radius 2 is 0.804 bits per heavy atom. The number of rotatable bonds is 8. The van der Waals surface area contributed by atoms with Gasteiger partial charge in [0.25, 0.3) is 0 Å². The molecule has 56 heavy (non-hydrogen) atoms. The first-order chi connectivity index (χ1) is 27.7. The topological polar surface area (TPSA) is 29.3 Å². The highest BCUT2D eigenvalue weighted by atomic mass is 16.3. The van der Waals surface area contributed by atoms with Crippen LogP contribution in [0.25, 0.3) is 77.8 Å². The van der Waals surface area contributed by atoms with Gasteiger partial charge < -0.3 is 9.32 Å². The van der Waals surface area contributed by atoms with Gasteiger partial charge >= 0.3 is 0 Å². The number of fused-ring (bicyclic) bond motifs is 3. The maximum Gasteiger partial charge on any atom is 0.227 e. The molecule has 0 amide bonds. The summed E-state index contributed by atoms with van der Waals surface area (Å²) >= 11 is 0. The molecule has 0 fully saturated rings. The molecule has 0 atom stereocenters. The summed E-state index contributed by atoms with van der Waals surface area (Å²) in [7, 11) is 0. The second-order valence-electron chi connectivity index (χ2n) is 14.0. The smallest absolute Gasteiger partial charge is 0.227 e. The highest BCUT2D eigenvalue weighted by molar-refractivity contribution is 6.05. The first-order valence-electron chi connectivity index (χ1n) is 18.9. The van der Waals surface area contributed by atoms with Crippen molar-refractivity contribution in [2.24, 2.45) is 0 Å². The lowest BCUT2D eigenvalue weighted by atomic mass is 9.97. The van der Waals surface area contributed by atoms with Crippen molar-refractivity contribution in [3.05, 3.63) is 218 Å². The Balaban J connectivity index is 0.975. The largest absolute Gasteiger partial charge is 0.435 e. The molecule has 0 aliphatic heterocycles. The van der Waals surface area contributed by atoms with Crippen molar-refractivity contribution in [1.82, 2.24) is 4.98 Å². The summed E-state index contributed by atoms with van der Waals surface area (Å²) in [6.45, 7) is 0. The number of nitrogens with zero attached hydrogens (tertiary/aromatic N) is 2. The lowest BCUT2D eigenvalue weighted by Gasteiger charge is -2.28. The monoisotopic (exact) mass is 716 g/mol. The zero-order valence-corrected chi connectivity index (χ0v) is 30.6. The molecule has 0 bridgehead atoms. The van der Waals surface area contributed by atoms with Gasteiger partial charge in [0.05, 0.1) is 5.69 Å². The fourth-order valence-corrected chi connectivity index (χ4v) is 7.64. The Bertz CT molecular complexity index is 2920. The highest BCUT2D eigenvalue weighted by Crippen LogP contribution is 2.42. The number of anilines is 3. The average molecular weight is 717 g/mol. The standard InChI is InChI=1S/C53H36N2O/c1-4-12-37(13-5-1)39-26-31-46(32-27-39)55(51-19-11-10-18-48(51)42-14-6-2-7-15-42)47-33-28-40(29-34-47)38-20-22-41(23-21-38)45-25-24-43-30-35-50-52(49(43)36-45)56-53(54-50)44-16-8-3-9-17-44/h1-36H. The minimum atomic E-state index is 0.637. The van der Waals surface area contributed by atoms with Gasteiger partial charge in [0.15, 0.2) is 5.58 Å². The molecule has 0 N–H and O–H groups in total. The van der Waals surface area contributed by atoms with Crippen molar-refractivity contribution < 1.29 is 4.42 Å². The van der Waals surface area contributed by atoms with Crippen LogP contribution in [0.5, 0.6) is 0 Å². The van der Waals surface area contributed by atoms with E-state index in [0.717, 1.165) is 66.8 Å². The van der Waals surface area contributed by atoms with Crippen molar-refractivity contribution in [2.75, 3.05) is 4.90 Å². The van der Waals surface area contributed by atoms with E-state index in [2.05, 4.69) is 187 Å². The van der Waals surface area contributed by atoms with E-state index >= 15 is 0 Å². The predicted molar refractivity (Wildman–Crippen MR) is 233 cm³/mol. The molecule has 0 aliphatic carbocycles. The Morgan fingerprint density at radius 3 is 1.41 bits per heavy atom. The molecule has 0 unspecified atom stereocenters. The van der Waals surface area contributed by atoms with E-state index in [4.69, 9.17) is 9.40 Å². The average Bonchev–Trinajstić information content (AvgIpc) is 3.74.